The summed E-state index contributed by atoms with van der Waals surface area (Å²) in [6.45, 7) is 0. The summed E-state index contributed by atoms with van der Waals surface area (Å²) in [5.41, 5.74) is 2.66. The van der Waals surface area contributed by atoms with Gasteiger partial charge in [0.05, 0.1) is 14.8 Å². The minimum absolute atomic E-state index is 0.258. The Bertz CT molecular complexity index is 806. The van der Waals surface area contributed by atoms with E-state index < -0.39 is 6.10 Å². The van der Waals surface area contributed by atoms with Crippen molar-refractivity contribution in [3.63, 3.8) is 0 Å². The van der Waals surface area contributed by atoms with E-state index in [1.165, 1.54) is 11.3 Å². The molecule has 0 radical (unpaired) electrons. The number of halogens is 2. The maximum atomic E-state index is 11.3. The summed E-state index contributed by atoms with van der Waals surface area (Å²) in [6, 6.07) is 5.44. The summed E-state index contributed by atoms with van der Waals surface area (Å²) in [7, 11) is 0. The van der Waals surface area contributed by atoms with Crippen LogP contribution >= 0.6 is 43.2 Å². The van der Waals surface area contributed by atoms with Crippen molar-refractivity contribution in [2.24, 2.45) is 0 Å². The molecule has 1 aromatic carbocycles. The molecule has 0 saturated heterocycles. The Kier molecular flexibility index (Phi) is 3.38. The third kappa shape index (κ3) is 2.43. The fourth-order valence-corrected chi connectivity index (χ4v) is 3.68. The standard InChI is InChI=1S/C12H8Br2N2O2S/c13-7-3-9-8(15-12(18)16-9)2-6(7)11(17)5-1-10(14)19-4-5/h1-4,11,17H,(H2,15,16,18). The molecule has 3 rings (SSSR count). The molecule has 0 aliphatic carbocycles. The number of aliphatic hydroxyl groups is 1. The number of H-pyrrole nitrogens is 2. The van der Waals surface area contributed by atoms with E-state index >= 15 is 0 Å². The van der Waals surface area contributed by atoms with Crippen LogP contribution in [0.3, 0.4) is 0 Å². The zero-order valence-corrected chi connectivity index (χ0v) is 13.4. The summed E-state index contributed by atoms with van der Waals surface area (Å²) in [4.78, 5) is 16.6. The van der Waals surface area contributed by atoms with Crippen molar-refractivity contribution >= 4 is 54.2 Å². The fraction of sp³-hybridized carbons (Fsp3) is 0.0833. The Labute approximate surface area is 128 Å². The molecule has 2 heterocycles. The molecule has 0 bridgehead atoms. The summed E-state index contributed by atoms with van der Waals surface area (Å²) in [6.07, 6.45) is -0.736. The topological polar surface area (TPSA) is 68.9 Å². The van der Waals surface area contributed by atoms with Crippen LogP contribution in [0.5, 0.6) is 0 Å². The second kappa shape index (κ2) is 4.90. The molecule has 98 valence electrons. The Hall–Kier alpha value is -0.890. The highest BCUT2D eigenvalue weighted by molar-refractivity contribution is 9.11. The highest BCUT2D eigenvalue weighted by atomic mass is 79.9. The summed E-state index contributed by atoms with van der Waals surface area (Å²) in [5.74, 6) is 0. The van der Waals surface area contributed by atoms with Crippen LogP contribution in [0.4, 0.5) is 0 Å². The normalized spacial score (nSPS) is 13.0. The molecular weight excluding hydrogens is 396 g/mol. The predicted molar refractivity (Wildman–Crippen MR) is 82.7 cm³/mol. The number of fused-ring (bicyclic) bond motifs is 1. The molecule has 3 N–H and O–H groups in total. The molecule has 1 unspecified atom stereocenters. The molecule has 4 nitrogen and oxygen atoms in total. The molecule has 19 heavy (non-hydrogen) atoms. The maximum Gasteiger partial charge on any atom is 0.323 e. The molecule has 7 heteroatoms. The minimum atomic E-state index is -0.736. The van der Waals surface area contributed by atoms with E-state index in [0.29, 0.717) is 16.6 Å². The molecule has 0 saturated carbocycles. The Morgan fingerprint density at radius 3 is 2.47 bits per heavy atom. The van der Waals surface area contributed by atoms with E-state index in [1.807, 2.05) is 11.4 Å². The first kappa shape index (κ1) is 13.1. The minimum Gasteiger partial charge on any atom is -0.384 e. The molecule has 0 fully saturated rings. The van der Waals surface area contributed by atoms with Crippen molar-refractivity contribution in [3.05, 3.63) is 53.4 Å². The number of imidazole rings is 1. The van der Waals surface area contributed by atoms with Crippen LogP contribution in [0.2, 0.25) is 0 Å². The van der Waals surface area contributed by atoms with Crippen LogP contribution in [0.1, 0.15) is 17.2 Å². The SMILES string of the molecule is O=c1[nH]c2cc(Br)c(C(O)c3csc(Br)c3)cc2[nH]1. The van der Waals surface area contributed by atoms with Gasteiger partial charge in [0.15, 0.2) is 0 Å². The van der Waals surface area contributed by atoms with Gasteiger partial charge < -0.3 is 15.1 Å². The first-order valence-corrected chi connectivity index (χ1v) is 7.84. The van der Waals surface area contributed by atoms with Crippen LogP contribution in [-0.2, 0) is 0 Å². The lowest BCUT2D eigenvalue weighted by molar-refractivity contribution is 0.220. The van der Waals surface area contributed by atoms with Crippen molar-refractivity contribution in [2.45, 2.75) is 6.10 Å². The number of hydrogen-bond acceptors (Lipinski definition) is 3. The number of rotatable bonds is 2. The molecule has 1 atom stereocenters. The van der Waals surface area contributed by atoms with Gasteiger partial charge in [0, 0.05) is 10.0 Å². The first-order chi connectivity index (χ1) is 9.04. The first-order valence-electron chi connectivity index (χ1n) is 5.38. The van der Waals surface area contributed by atoms with Gasteiger partial charge in [0.25, 0.3) is 0 Å². The number of hydrogen-bond donors (Lipinski definition) is 3. The van der Waals surface area contributed by atoms with Gasteiger partial charge in [-0.05, 0) is 45.1 Å². The average molecular weight is 404 g/mol. The summed E-state index contributed by atoms with van der Waals surface area (Å²) < 4.78 is 1.72. The largest absolute Gasteiger partial charge is 0.384 e. The van der Waals surface area contributed by atoms with Gasteiger partial charge in [-0.25, -0.2) is 4.79 Å². The van der Waals surface area contributed by atoms with E-state index in [4.69, 9.17) is 0 Å². The van der Waals surface area contributed by atoms with E-state index in [0.717, 1.165) is 13.8 Å². The molecular formula is C12H8Br2N2O2S. The lowest BCUT2D eigenvalue weighted by atomic mass is 10.0. The van der Waals surface area contributed by atoms with Crippen LogP contribution in [0.15, 0.2) is 36.6 Å². The lowest BCUT2D eigenvalue weighted by Crippen LogP contribution is -1.99. The Morgan fingerprint density at radius 1 is 1.16 bits per heavy atom. The molecule has 0 aliphatic rings. The number of nitrogens with one attached hydrogen (secondary N) is 2. The highest BCUT2D eigenvalue weighted by Crippen LogP contribution is 2.34. The van der Waals surface area contributed by atoms with Gasteiger partial charge in [-0.15, -0.1) is 11.3 Å². The lowest BCUT2D eigenvalue weighted by Gasteiger charge is -2.11. The van der Waals surface area contributed by atoms with Gasteiger partial charge in [0.1, 0.15) is 6.10 Å². The summed E-state index contributed by atoms with van der Waals surface area (Å²) >= 11 is 8.32. The monoisotopic (exact) mass is 402 g/mol. The molecule has 0 aliphatic heterocycles. The smallest absolute Gasteiger partial charge is 0.323 e. The molecule has 0 amide bonds. The van der Waals surface area contributed by atoms with Gasteiger partial charge in [-0.1, -0.05) is 15.9 Å². The number of aromatic nitrogens is 2. The van der Waals surface area contributed by atoms with Crippen molar-refractivity contribution in [2.75, 3.05) is 0 Å². The average Bonchev–Trinajstić information content (AvgIpc) is 2.92. The second-order valence-electron chi connectivity index (χ2n) is 4.09. The number of thiophene rings is 1. The number of aromatic amines is 2. The van der Waals surface area contributed by atoms with Crippen LogP contribution < -0.4 is 5.69 Å². The van der Waals surface area contributed by atoms with E-state index in [9.17, 15) is 9.90 Å². The van der Waals surface area contributed by atoms with Gasteiger partial charge in [-0.2, -0.15) is 0 Å². The fourth-order valence-electron chi connectivity index (χ4n) is 1.93. The predicted octanol–water partition coefficient (Wildman–Crippen LogP) is 3.52. The zero-order valence-electron chi connectivity index (χ0n) is 9.41. The maximum absolute atomic E-state index is 11.3. The highest BCUT2D eigenvalue weighted by Gasteiger charge is 2.16. The molecule has 2 aromatic heterocycles. The van der Waals surface area contributed by atoms with E-state index in [2.05, 4.69) is 41.8 Å². The van der Waals surface area contributed by atoms with Crippen LogP contribution in [0.25, 0.3) is 11.0 Å². The molecule has 0 spiro atoms. The van der Waals surface area contributed by atoms with Crippen molar-refractivity contribution in [3.8, 4) is 0 Å². The van der Waals surface area contributed by atoms with Gasteiger partial charge in [0.2, 0.25) is 0 Å². The number of benzene rings is 1. The molecule has 3 aromatic rings. The second-order valence-corrected chi connectivity index (χ2v) is 7.23. The van der Waals surface area contributed by atoms with Crippen molar-refractivity contribution in [1.82, 2.24) is 9.97 Å². The van der Waals surface area contributed by atoms with Gasteiger partial charge in [-0.3, -0.25) is 0 Å². The third-order valence-corrected chi connectivity index (χ3v) is 5.04. The Morgan fingerprint density at radius 2 is 1.84 bits per heavy atom. The van der Waals surface area contributed by atoms with Crippen molar-refractivity contribution in [1.29, 1.82) is 0 Å². The van der Waals surface area contributed by atoms with E-state index in [1.54, 1.807) is 12.1 Å². The third-order valence-electron chi connectivity index (χ3n) is 2.83. The quantitative estimate of drug-likeness (QED) is 0.612. The van der Waals surface area contributed by atoms with Gasteiger partial charge >= 0.3 is 5.69 Å². The van der Waals surface area contributed by atoms with Crippen LogP contribution in [0, 0.1) is 0 Å². The number of aliphatic hydroxyl groups excluding tert-OH is 1. The summed E-state index contributed by atoms with van der Waals surface area (Å²) in [5, 5.41) is 12.3. The van der Waals surface area contributed by atoms with Crippen LogP contribution in [-0.4, -0.2) is 15.1 Å². The van der Waals surface area contributed by atoms with E-state index in [-0.39, 0.29) is 5.69 Å². The zero-order chi connectivity index (χ0) is 13.6. The Balaban J connectivity index is 2.13. The van der Waals surface area contributed by atoms with Crippen molar-refractivity contribution < 1.29 is 5.11 Å².